The molecule has 1 aliphatic heterocycles. The van der Waals surface area contributed by atoms with Crippen LogP contribution in [0.2, 0.25) is 10.0 Å². The molecular weight excluding hydrogens is 807 g/mol. The molecule has 5 rings (SSSR count). The van der Waals surface area contributed by atoms with Gasteiger partial charge in [0.1, 0.15) is 0 Å². The van der Waals surface area contributed by atoms with Crippen molar-refractivity contribution >= 4 is 68.6 Å². The van der Waals surface area contributed by atoms with Crippen LogP contribution in [0.25, 0.3) is 10.8 Å². The number of rotatable bonds is 14. The van der Waals surface area contributed by atoms with Crippen molar-refractivity contribution < 1.29 is 43.8 Å². The van der Waals surface area contributed by atoms with Crippen molar-refractivity contribution in [1.29, 1.82) is 10.5 Å². The molecule has 1 heterocycles. The van der Waals surface area contributed by atoms with E-state index in [0.29, 0.717) is 50.0 Å². The van der Waals surface area contributed by atoms with Crippen molar-refractivity contribution in [3.8, 4) is 12.1 Å². The highest BCUT2D eigenvalue weighted by molar-refractivity contribution is 7.84. The average molecular weight is 850 g/mol. The lowest BCUT2D eigenvalue weighted by atomic mass is 9.88. The number of piperidine rings is 1. The van der Waals surface area contributed by atoms with Gasteiger partial charge in [0.05, 0.1) is 57.0 Å². The summed E-state index contributed by atoms with van der Waals surface area (Å²) in [7, 11) is 0.764. The molecule has 1 unspecified atom stereocenters. The summed E-state index contributed by atoms with van der Waals surface area (Å²) in [6.07, 6.45) is 2.26. The van der Waals surface area contributed by atoms with Gasteiger partial charge in [0, 0.05) is 36.2 Å². The number of hydrogen-bond donors (Lipinski definition) is 4. The van der Waals surface area contributed by atoms with E-state index in [4.69, 9.17) is 43.6 Å². The van der Waals surface area contributed by atoms with Crippen molar-refractivity contribution in [3.63, 3.8) is 0 Å². The van der Waals surface area contributed by atoms with E-state index in [9.17, 15) is 33.9 Å². The van der Waals surface area contributed by atoms with E-state index in [0.717, 1.165) is 49.4 Å². The molecule has 4 aromatic carbocycles. The molecule has 0 saturated carbocycles. The number of fused-ring (bicyclic) bond motifs is 1. The van der Waals surface area contributed by atoms with Gasteiger partial charge < -0.3 is 30.2 Å². The fraction of sp³-hybridized carbons (Fsp3) is 0.333. The Balaban J connectivity index is 0.000000492. The van der Waals surface area contributed by atoms with Gasteiger partial charge in [-0.1, -0.05) is 53.5 Å². The molecule has 4 aromatic rings. The maximum Gasteiger partial charge on any atom is 0.336 e. The van der Waals surface area contributed by atoms with Crippen LogP contribution >= 0.6 is 23.2 Å². The van der Waals surface area contributed by atoms with Crippen LogP contribution in [-0.4, -0.2) is 103 Å². The third-order valence-corrected chi connectivity index (χ3v) is 11.8. The van der Waals surface area contributed by atoms with Crippen molar-refractivity contribution in [2.24, 2.45) is 0 Å². The predicted molar refractivity (Wildman–Crippen MR) is 218 cm³/mol. The Hall–Kier alpha value is -5.35. The standard InChI is InChI=1S/C36H34Cl2N4O2S.C6H8O7/c1-41(36(43)32-19-25(22-40)18-29-17-24(21-39)7-9-30(29)32)23-28(27-8-10-33(37)34(38)20-27)13-16-42-14-11-26(12-15-42)31-5-3-4-6-35(31)45(2)44;7-3(8)1-6(13,5(11)12)2-4(9)10/h3-10,17-20,26,28H,11-16,23H2,1-2H3;13H,1-2H2,(H,7,8)(H,9,10)(H,11,12)/t28?,45-;/m0./s1. The molecule has 58 heavy (non-hydrogen) atoms. The SMILES string of the molecule is CN(CC(CCN1CCC(c2ccccc2[S@](C)=O)CC1)c1ccc(Cl)c(Cl)c1)C(=O)c1cc(C#N)cc2cc(C#N)ccc12.O=C(O)CC(O)(CC(=O)O)C(=O)O. The maximum atomic E-state index is 13.9. The first-order valence-electron chi connectivity index (χ1n) is 18.1. The zero-order valence-corrected chi connectivity index (χ0v) is 34.1. The zero-order valence-electron chi connectivity index (χ0n) is 31.7. The highest BCUT2D eigenvalue weighted by Gasteiger charge is 2.40. The molecule has 0 bridgehead atoms. The summed E-state index contributed by atoms with van der Waals surface area (Å²) in [5.41, 5.74) is 0.734. The smallest absolute Gasteiger partial charge is 0.336 e. The Morgan fingerprint density at radius 2 is 1.52 bits per heavy atom. The third kappa shape index (κ3) is 11.8. The van der Waals surface area contributed by atoms with Crippen molar-refractivity contribution in [3.05, 3.63) is 111 Å². The highest BCUT2D eigenvalue weighted by atomic mass is 35.5. The molecule has 1 amide bonds. The molecule has 4 N–H and O–H groups in total. The van der Waals surface area contributed by atoms with Gasteiger partial charge in [0.25, 0.3) is 5.91 Å². The quantitative estimate of drug-likeness (QED) is 0.107. The van der Waals surface area contributed by atoms with E-state index in [1.807, 2.05) is 30.3 Å². The van der Waals surface area contributed by atoms with Gasteiger partial charge in [-0.3, -0.25) is 18.6 Å². The number of likely N-dealkylation sites (tertiary alicyclic amines) is 1. The van der Waals surface area contributed by atoms with E-state index < -0.39 is 47.2 Å². The lowest BCUT2D eigenvalue weighted by molar-refractivity contribution is -0.170. The van der Waals surface area contributed by atoms with Gasteiger partial charge >= 0.3 is 17.9 Å². The molecule has 0 radical (unpaired) electrons. The molecule has 0 aromatic heterocycles. The summed E-state index contributed by atoms with van der Waals surface area (Å²) in [6, 6.07) is 26.5. The lowest BCUT2D eigenvalue weighted by Crippen LogP contribution is -2.42. The first kappa shape index (κ1) is 45.4. The number of halogens is 2. The minimum atomic E-state index is -2.74. The third-order valence-electron chi connectivity index (χ3n) is 10.0. The number of nitrogens with zero attached hydrogens (tertiary/aromatic N) is 4. The minimum absolute atomic E-state index is 0.00900. The number of benzene rings is 4. The number of likely N-dealkylation sites (N-methyl/N-ethyl adjacent to an activating group) is 1. The molecular formula is C42H42Cl2N4O9S. The number of aliphatic hydroxyl groups is 1. The van der Waals surface area contributed by atoms with E-state index >= 15 is 0 Å². The van der Waals surface area contributed by atoms with E-state index in [2.05, 4.69) is 23.1 Å². The first-order chi connectivity index (χ1) is 27.5. The Bertz CT molecular complexity index is 2280. The number of amides is 1. The molecule has 13 nitrogen and oxygen atoms in total. The van der Waals surface area contributed by atoms with Crippen LogP contribution in [0.3, 0.4) is 0 Å². The highest BCUT2D eigenvalue weighted by Crippen LogP contribution is 2.34. The van der Waals surface area contributed by atoms with Crippen LogP contribution in [0.5, 0.6) is 0 Å². The van der Waals surface area contributed by atoms with Gasteiger partial charge in [-0.25, -0.2) is 4.79 Å². The Morgan fingerprint density at radius 3 is 2.09 bits per heavy atom. The van der Waals surface area contributed by atoms with E-state index in [1.165, 1.54) is 5.56 Å². The maximum absolute atomic E-state index is 13.9. The van der Waals surface area contributed by atoms with Crippen LogP contribution in [-0.2, 0) is 25.2 Å². The summed E-state index contributed by atoms with van der Waals surface area (Å²) in [5.74, 6) is -4.83. The largest absolute Gasteiger partial charge is 0.481 e. The molecule has 0 spiro atoms. The zero-order chi connectivity index (χ0) is 42.7. The second-order valence-electron chi connectivity index (χ2n) is 14.1. The van der Waals surface area contributed by atoms with Gasteiger partial charge in [0.2, 0.25) is 0 Å². The molecule has 2 atom stereocenters. The lowest BCUT2D eigenvalue weighted by Gasteiger charge is -2.34. The average Bonchev–Trinajstić information content (AvgIpc) is 3.19. The normalized spacial score (nSPS) is 14.3. The van der Waals surface area contributed by atoms with Crippen LogP contribution in [0.15, 0.2) is 77.7 Å². The predicted octanol–water partition coefficient (Wildman–Crippen LogP) is 6.50. The number of aliphatic carboxylic acids is 3. The first-order valence-corrected chi connectivity index (χ1v) is 20.4. The van der Waals surface area contributed by atoms with Gasteiger partial charge in [-0.05, 0) is 109 Å². The fourth-order valence-corrected chi connectivity index (χ4v) is 8.17. The number of hydrogen-bond acceptors (Lipinski definition) is 9. The van der Waals surface area contributed by atoms with Gasteiger partial charge in [0.15, 0.2) is 5.60 Å². The topological polar surface area (TPSA) is 220 Å². The van der Waals surface area contributed by atoms with Crippen molar-refractivity contribution in [2.75, 3.05) is 39.5 Å². The van der Waals surface area contributed by atoms with E-state index in [1.54, 1.807) is 54.6 Å². The summed E-state index contributed by atoms with van der Waals surface area (Å²) in [5, 5.41) is 55.1. The van der Waals surface area contributed by atoms with Crippen LogP contribution in [0, 0.1) is 22.7 Å². The van der Waals surface area contributed by atoms with E-state index in [-0.39, 0.29) is 11.8 Å². The second-order valence-corrected chi connectivity index (χ2v) is 16.3. The van der Waals surface area contributed by atoms with Crippen LogP contribution < -0.4 is 0 Å². The summed E-state index contributed by atoms with van der Waals surface area (Å²) >= 11 is 12.7. The van der Waals surface area contributed by atoms with Crippen molar-refractivity contribution in [2.45, 2.75) is 54.4 Å². The summed E-state index contributed by atoms with van der Waals surface area (Å²) in [6.45, 7) is 3.17. The number of carbonyl (C=O) groups excluding carboxylic acids is 1. The number of carbonyl (C=O) groups is 4. The molecule has 1 saturated heterocycles. The summed E-state index contributed by atoms with van der Waals surface area (Å²) < 4.78 is 12.3. The molecule has 16 heteroatoms. The van der Waals surface area contributed by atoms with Crippen molar-refractivity contribution in [1.82, 2.24) is 9.80 Å². The molecule has 1 fully saturated rings. The Labute approximate surface area is 348 Å². The molecule has 0 aliphatic carbocycles. The second kappa shape index (κ2) is 20.4. The molecule has 304 valence electrons. The Morgan fingerprint density at radius 1 is 0.897 bits per heavy atom. The summed E-state index contributed by atoms with van der Waals surface area (Å²) in [4.78, 5) is 49.5. The minimum Gasteiger partial charge on any atom is -0.481 e. The monoisotopic (exact) mass is 848 g/mol. The fourth-order valence-electron chi connectivity index (χ4n) is 7.03. The van der Waals surface area contributed by atoms with Gasteiger partial charge in [-0.2, -0.15) is 10.5 Å². The molecule has 1 aliphatic rings. The van der Waals surface area contributed by atoms with Crippen LogP contribution in [0.4, 0.5) is 0 Å². The van der Waals surface area contributed by atoms with Crippen LogP contribution in [0.1, 0.15) is 76.6 Å². The number of carboxylic acids is 3. The number of carboxylic acid groups (broad SMARTS) is 3. The number of nitriles is 2. The Kier molecular flexibility index (Phi) is 15.9. The van der Waals surface area contributed by atoms with Gasteiger partial charge in [-0.15, -0.1) is 0 Å².